The van der Waals surface area contributed by atoms with Crippen LogP contribution in [0.2, 0.25) is 0 Å². The Balaban J connectivity index is 1.22. The Morgan fingerprint density at radius 3 is 2.52 bits per heavy atom. The summed E-state index contributed by atoms with van der Waals surface area (Å²) in [6.45, 7) is 11.5. The zero-order chi connectivity index (χ0) is 21.8. The van der Waals surface area contributed by atoms with Crippen LogP contribution in [0.4, 0.5) is 5.13 Å². The number of hydrogen-bond acceptors (Lipinski definition) is 6. The molecule has 4 rings (SSSR count). The van der Waals surface area contributed by atoms with Crippen molar-refractivity contribution >= 4 is 28.3 Å². The second-order valence-corrected chi connectivity index (χ2v) is 10.3. The van der Waals surface area contributed by atoms with Gasteiger partial charge in [-0.05, 0) is 64.1 Å². The Kier molecular flexibility index (Phi) is 7.48. The van der Waals surface area contributed by atoms with Crippen molar-refractivity contribution in [3.05, 3.63) is 10.6 Å². The number of rotatable bonds is 6. The molecule has 1 atom stereocenters. The van der Waals surface area contributed by atoms with Crippen LogP contribution in [0.25, 0.3) is 0 Å². The minimum absolute atomic E-state index is 0.0808. The number of amides is 2. The van der Waals surface area contributed by atoms with Gasteiger partial charge < -0.3 is 20.0 Å². The lowest BCUT2D eigenvalue weighted by Gasteiger charge is -2.33. The lowest BCUT2D eigenvalue weighted by molar-refractivity contribution is -0.129. The predicted octanol–water partition coefficient (Wildman–Crippen LogP) is 2.15. The summed E-state index contributed by atoms with van der Waals surface area (Å²) >= 11 is 1.75. The second kappa shape index (κ2) is 10.3. The van der Waals surface area contributed by atoms with Gasteiger partial charge in [0.1, 0.15) is 0 Å². The second-order valence-electron chi connectivity index (χ2n) is 9.26. The molecular formula is C23H37N5O2S. The summed E-state index contributed by atoms with van der Waals surface area (Å²) in [5.74, 6) is 1.21. The number of piperidine rings is 1. The third-order valence-corrected chi connectivity index (χ3v) is 8.48. The monoisotopic (exact) mass is 447 g/mol. The average Bonchev–Trinajstić information content (AvgIpc) is 3.23. The summed E-state index contributed by atoms with van der Waals surface area (Å²) in [4.78, 5) is 37.2. The predicted molar refractivity (Wildman–Crippen MR) is 125 cm³/mol. The molecule has 3 heterocycles. The van der Waals surface area contributed by atoms with Crippen LogP contribution in [0.15, 0.2) is 0 Å². The molecule has 2 amide bonds. The van der Waals surface area contributed by atoms with Crippen molar-refractivity contribution < 1.29 is 9.59 Å². The molecule has 0 saturated carbocycles. The lowest BCUT2D eigenvalue weighted by Crippen LogP contribution is -2.48. The molecule has 8 heteroatoms. The first kappa shape index (κ1) is 22.5. The van der Waals surface area contributed by atoms with Crippen LogP contribution < -0.4 is 10.2 Å². The molecule has 1 aromatic rings. The standard InChI is InChI=1S/C23H37N5O2S/c1-3-26-10-7-18(8-11-26)6-9-24-22(30)19-4-5-20-21(16-19)31-23(25-20)28-14-12-27(13-15-28)17(2)29/h18-19H,3-16H2,1-2H3,(H,24,30)/t19-/m0/s1. The number of thiazole rings is 1. The first-order chi connectivity index (χ1) is 15.0. The molecule has 0 radical (unpaired) electrons. The van der Waals surface area contributed by atoms with Gasteiger partial charge in [-0.3, -0.25) is 9.59 Å². The minimum Gasteiger partial charge on any atom is -0.356 e. The Morgan fingerprint density at radius 1 is 1.10 bits per heavy atom. The number of carbonyl (C=O) groups is 2. The molecule has 2 aliphatic heterocycles. The zero-order valence-electron chi connectivity index (χ0n) is 19.1. The molecule has 172 valence electrons. The molecule has 31 heavy (non-hydrogen) atoms. The van der Waals surface area contributed by atoms with Gasteiger partial charge in [-0.1, -0.05) is 6.92 Å². The molecule has 3 aliphatic rings. The maximum absolute atomic E-state index is 12.8. The highest BCUT2D eigenvalue weighted by Crippen LogP contribution is 2.34. The van der Waals surface area contributed by atoms with E-state index in [0.717, 1.165) is 76.0 Å². The first-order valence-electron chi connectivity index (χ1n) is 12.0. The largest absolute Gasteiger partial charge is 0.356 e. The SMILES string of the molecule is CCN1CCC(CCNC(=O)[C@H]2CCc3nc(N4CCN(C(C)=O)CC4)sc3C2)CC1. The summed E-state index contributed by atoms with van der Waals surface area (Å²) in [6.07, 6.45) is 6.25. The van der Waals surface area contributed by atoms with Gasteiger partial charge in [-0.15, -0.1) is 11.3 Å². The van der Waals surface area contributed by atoms with Gasteiger partial charge in [0.05, 0.1) is 5.69 Å². The Morgan fingerprint density at radius 2 is 1.84 bits per heavy atom. The first-order valence-corrected chi connectivity index (χ1v) is 12.8. The van der Waals surface area contributed by atoms with Crippen molar-refractivity contribution in [3.8, 4) is 0 Å². The van der Waals surface area contributed by atoms with Gasteiger partial charge in [-0.25, -0.2) is 4.98 Å². The van der Waals surface area contributed by atoms with E-state index in [4.69, 9.17) is 4.98 Å². The summed E-state index contributed by atoms with van der Waals surface area (Å²) in [7, 11) is 0. The Hall–Kier alpha value is -1.67. The fourth-order valence-electron chi connectivity index (χ4n) is 5.07. The number of aryl methyl sites for hydroxylation is 1. The number of likely N-dealkylation sites (tertiary alicyclic amines) is 1. The van der Waals surface area contributed by atoms with E-state index in [2.05, 4.69) is 22.0 Å². The van der Waals surface area contributed by atoms with Crippen molar-refractivity contribution in [1.82, 2.24) is 20.1 Å². The summed E-state index contributed by atoms with van der Waals surface area (Å²) in [5.41, 5.74) is 1.18. The van der Waals surface area contributed by atoms with Gasteiger partial charge in [0.25, 0.3) is 0 Å². The maximum Gasteiger partial charge on any atom is 0.223 e. The topological polar surface area (TPSA) is 68.8 Å². The number of nitrogens with zero attached hydrogens (tertiary/aromatic N) is 4. The minimum atomic E-state index is 0.0808. The molecule has 7 nitrogen and oxygen atoms in total. The van der Waals surface area contributed by atoms with E-state index in [1.807, 2.05) is 4.90 Å². The van der Waals surface area contributed by atoms with E-state index in [9.17, 15) is 9.59 Å². The van der Waals surface area contributed by atoms with Crippen molar-refractivity contribution in [1.29, 1.82) is 0 Å². The van der Waals surface area contributed by atoms with Crippen LogP contribution in [-0.4, -0.2) is 79.0 Å². The van der Waals surface area contributed by atoms with Crippen molar-refractivity contribution in [3.63, 3.8) is 0 Å². The lowest BCUT2D eigenvalue weighted by atomic mass is 9.90. The Bertz CT molecular complexity index is 766. The fourth-order valence-corrected chi connectivity index (χ4v) is 6.31. The smallest absolute Gasteiger partial charge is 0.223 e. The number of piperazine rings is 1. The third kappa shape index (κ3) is 5.58. The number of anilines is 1. The van der Waals surface area contributed by atoms with Crippen LogP contribution in [0.3, 0.4) is 0 Å². The Labute approximate surface area is 190 Å². The van der Waals surface area contributed by atoms with E-state index in [1.165, 1.54) is 36.5 Å². The highest BCUT2D eigenvalue weighted by molar-refractivity contribution is 7.15. The van der Waals surface area contributed by atoms with Gasteiger partial charge in [0.2, 0.25) is 11.8 Å². The number of fused-ring (bicyclic) bond motifs is 1. The number of nitrogens with one attached hydrogen (secondary N) is 1. The van der Waals surface area contributed by atoms with Gasteiger partial charge in [0.15, 0.2) is 5.13 Å². The van der Waals surface area contributed by atoms with E-state index < -0.39 is 0 Å². The maximum atomic E-state index is 12.8. The highest BCUT2D eigenvalue weighted by Gasteiger charge is 2.29. The average molecular weight is 448 g/mol. The summed E-state index contributed by atoms with van der Waals surface area (Å²) in [5, 5.41) is 4.29. The molecule has 0 unspecified atom stereocenters. The van der Waals surface area contributed by atoms with E-state index in [0.29, 0.717) is 0 Å². The molecule has 1 N–H and O–H groups in total. The molecule has 1 aromatic heterocycles. The van der Waals surface area contributed by atoms with E-state index in [-0.39, 0.29) is 17.7 Å². The van der Waals surface area contributed by atoms with Crippen LogP contribution in [0, 0.1) is 11.8 Å². The normalized spacial score (nSPS) is 23.0. The molecule has 0 spiro atoms. The van der Waals surface area contributed by atoms with Crippen molar-refractivity contribution in [2.45, 2.75) is 52.4 Å². The molecule has 1 aliphatic carbocycles. The van der Waals surface area contributed by atoms with Crippen molar-refractivity contribution in [2.24, 2.45) is 11.8 Å². The molecule has 0 aromatic carbocycles. The summed E-state index contributed by atoms with van der Waals surface area (Å²) < 4.78 is 0. The quantitative estimate of drug-likeness (QED) is 0.724. The number of aromatic nitrogens is 1. The third-order valence-electron chi connectivity index (χ3n) is 7.30. The van der Waals surface area contributed by atoms with Crippen LogP contribution in [0.5, 0.6) is 0 Å². The number of hydrogen-bond donors (Lipinski definition) is 1. The molecule has 0 bridgehead atoms. The number of carbonyl (C=O) groups excluding carboxylic acids is 2. The van der Waals surface area contributed by atoms with E-state index >= 15 is 0 Å². The van der Waals surface area contributed by atoms with Crippen molar-refractivity contribution in [2.75, 3.05) is 57.3 Å². The fraction of sp³-hybridized carbons (Fsp3) is 0.783. The van der Waals surface area contributed by atoms with Crippen LogP contribution in [-0.2, 0) is 22.4 Å². The molecule has 2 fully saturated rings. The molecule has 2 saturated heterocycles. The summed E-state index contributed by atoms with van der Waals surface area (Å²) in [6, 6.07) is 0. The van der Waals surface area contributed by atoms with E-state index in [1.54, 1.807) is 18.3 Å². The van der Waals surface area contributed by atoms with Gasteiger partial charge in [-0.2, -0.15) is 0 Å². The van der Waals surface area contributed by atoms with Gasteiger partial charge >= 0.3 is 0 Å². The molecular weight excluding hydrogens is 410 g/mol. The highest BCUT2D eigenvalue weighted by atomic mass is 32.1. The zero-order valence-corrected chi connectivity index (χ0v) is 19.9. The van der Waals surface area contributed by atoms with Crippen LogP contribution >= 0.6 is 11.3 Å². The van der Waals surface area contributed by atoms with Crippen LogP contribution in [0.1, 0.15) is 50.1 Å². The van der Waals surface area contributed by atoms with Gasteiger partial charge in [0, 0.05) is 50.4 Å².